The van der Waals surface area contributed by atoms with Crippen LogP contribution in [0.1, 0.15) is 39.9 Å². The number of carbonyl (C=O) groups is 1. The monoisotopic (exact) mass is 407 g/mol. The second-order valence-corrected chi connectivity index (χ2v) is 8.71. The Morgan fingerprint density at radius 1 is 1.21 bits per heavy atom. The number of rotatable bonds is 5. The van der Waals surface area contributed by atoms with Gasteiger partial charge in [-0.25, -0.2) is 9.97 Å². The van der Waals surface area contributed by atoms with Crippen LogP contribution in [0.3, 0.4) is 0 Å². The molecule has 0 saturated heterocycles. The molecule has 1 aromatic carbocycles. The van der Waals surface area contributed by atoms with Crippen molar-refractivity contribution in [1.29, 1.82) is 0 Å². The number of hydrogen-bond acceptors (Lipinski definition) is 6. The number of benzene rings is 1. The number of hydrogen-bond donors (Lipinski definition) is 2. The van der Waals surface area contributed by atoms with Gasteiger partial charge < -0.3 is 5.32 Å². The van der Waals surface area contributed by atoms with E-state index in [4.69, 9.17) is 0 Å². The van der Waals surface area contributed by atoms with Gasteiger partial charge in [-0.15, -0.1) is 22.7 Å². The number of nitrogens with one attached hydrogen (secondary N) is 2. The summed E-state index contributed by atoms with van der Waals surface area (Å²) in [6.45, 7) is 1.87. The fraction of sp³-hybridized carbons (Fsp3) is 0.200. The first-order chi connectivity index (χ1) is 13.7. The van der Waals surface area contributed by atoms with Gasteiger partial charge in [0.1, 0.15) is 15.7 Å². The van der Waals surface area contributed by atoms with Gasteiger partial charge in [0.2, 0.25) is 0 Å². The van der Waals surface area contributed by atoms with Crippen molar-refractivity contribution < 1.29 is 4.79 Å². The van der Waals surface area contributed by atoms with Crippen LogP contribution >= 0.6 is 22.7 Å². The van der Waals surface area contributed by atoms with Crippen LogP contribution in [0.2, 0.25) is 0 Å². The molecule has 1 aliphatic carbocycles. The van der Waals surface area contributed by atoms with Crippen LogP contribution < -0.4 is 5.32 Å². The molecule has 6 nitrogen and oxygen atoms in total. The molecule has 0 radical (unpaired) electrons. The molecule has 2 N–H and O–H groups in total. The topological polar surface area (TPSA) is 83.6 Å². The van der Waals surface area contributed by atoms with Gasteiger partial charge in [-0.05, 0) is 43.3 Å². The molecule has 1 amide bonds. The second kappa shape index (κ2) is 6.96. The van der Waals surface area contributed by atoms with E-state index in [1.165, 1.54) is 24.2 Å². The van der Waals surface area contributed by atoms with E-state index in [9.17, 15) is 4.79 Å². The minimum atomic E-state index is -0.149. The predicted molar refractivity (Wildman–Crippen MR) is 112 cm³/mol. The van der Waals surface area contributed by atoms with Crippen LogP contribution in [-0.2, 0) is 0 Å². The summed E-state index contributed by atoms with van der Waals surface area (Å²) in [5.74, 6) is 1.98. The second-order valence-electron chi connectivity index (χ2n) is 6.76. The zero-order valence-corrected chi connectivity index (χ0v) is 16.7. The Morgan fingerprint density at radius 3 is 2.89 bits per heavy atom. The lowest BCUT2D eigenvalue weighted by atomic mass is 10.2. The summed E-state index contributed by atoms with van der Waals surface area (Å²) in [6, 6.07) is 11.6. The highest BCUT2D eigenvalue weighted by Gasteiger charge is 2.27. The molecule has 28 heavy (non-hydrogen) atoms. The summed E-state index contributed by atoms with van der Waals surface area (Å²) >= 11 is 3.04. The van der Waals surface area contributed by atoms with Crippen molar-refractivity contribution in [2.75, 3.05) is 5.32 Å². The highest BCUT2D eigenvalue weighted by molar-refractivity contribution is 7.22. The zero-order chi connectivity index (χ0) is 19.1. The molecule has 3 aromatic heterocycles. The van der Waals surface area contributed by atoms with Gasteiger partial charge in [0, 0.05) is 17.2 Å². The van der Waals surface area contributed by atoms with E-state index < -0.39 is 0 Å². The van der Waals surface area contributed by atoms with E-state index >= 15 is 0 Å². The Labute approximate surface area is 169 Å². The molecule has 140 valence electrons. The van der Waals surface area contributed by atoms with E-state index in [2.05, 4.69) is 25.5 Å². The fourth-order valence-electron chi connectivity index (χ4n) is 2.98. The van der Waals surface area contributed by atoms with E-state index in [0.717, 1.165) is 27.0 Å². The number of thiazole rings is 1. The number of thiophene rings is 1. The Kier molecular flexibility index (Phi) is 4.29. The van der Waals surface area contributed by atoms with Crippen LogP contribution in [0.25, 0.3) is 21.3 Å². The van der Waals surface area contributed by atoms with Gasteiger partial charge >= 0.3 is 0 Å². The van der Waals surface area contributed by atoms with E-state index in [-0.39, 0.29) is 5.91 Å². The molecule has 0 spiro atoms. The van der Waals surface area contributed by atoms with E-state index in [1.54, 1.807) is 11.3 Å². The normalized spacial score (nSPS) is 13.6. The Morgan fingerprint density at radius 2 is 2.11 bits per heavy atom. The van der Waals surface area contributed by atoms with Crippen molar-refractivity contribution in [2.24, 2.45) is 0 Å². The van der Waals surface area contributed by atoms with Gasteiger partial charge in [-0.3, -0.25) is 9.89 Å². The minimum absolute atomic E-state index is 0.149. The number of carbonyl (C=O) groups excluding carboxylic acids is 1. The quantitative estimate of drug-likeness (QED) is 0.482. The first-order valence-electron chi connectivity index (χ1n) is 9.03. The molecule has 0 bridgehead atoms. The molecule has 1 fully saturated rings. The average Bonchev–Trinajstić information content (AvgIpc) is 3.12. The van der Waals surface area contributed by atoms with Crippen molar-refractivity contribution in [1.82, 2.24) is 20.2 Å². The van der Waals surface area contributed by atoms with E-state index in [0.29, 0.717) is 22.3 Å². The maximum Gasteiger partial charge on any atom is 0.267 e. The molecular weight excluding hydrogens is 390 g/mol. The minimum Gasteiger partial charge on any atom is -0.321 e. The van der Waals surface area contributed by atoms with Gasteiger partial charge in [0.25, 0.3) is 5.91 Å². The van der Waals surface area contributed by atoms with Crippen molar-refractivity contribution in [3.05, 3.63) is 58.2 Å². The highest BCUT2D eigenvalue weighted by Crippen LogP contribution is 2.38. The Balaban J connectivity index is 1.36. The molecule has 5 rings (SSSR count). The highest BCUT2D eigenvalue weighted by atomic mass is 32.1. The number of amides is 1. The van der Waals surface area contributed by atoms with Crippen molar-refractivity contribution in [2.45, 2.75) is 25.7 Å². The zero-order valence-electron chi connectivity index (χ0n) is 15.1. The van der Waals surface area contributed by atoms with Gasteiger partial charge in [0.15, 0.2) is 5.82 Å². The number of aryl methyl sites for hydroxylation is 1. The van der Waals surface area contributed by atoms with Gasteiger partial charge in [0.05, 0.1) is 10.6 Å². The summed E-state index contributed by atoms with van der Waals surface area (Å²) < 4.78 is 0. The predicted octanol–water partition coefficient (Wildman–Crippen LogP) is 5.09. The Hall–Kier alpha value is -2.84. The van der Waals surface area contributed by atoms with Gasteiger partial charge in [-0.1, -0.05) is 18.2 Å². The average molecular weight is 408 g/mol. The largest absolute Gasteiger partial charge is 0.321 e. The number of aromatic nitrogens is 4. The lowest BCUT2D eigenvalue weighted by Gasteiger charge is -2.05. The summed E-state index contributed by atoms with van der Waals surface area (Å²) in [6.07, 6.45) is 2.35. The molecule has 3 heterocycles. The van der Waals surface area contributed by atoms with Crippen molar-refractivity contribution >= 4 is 34.3 Å². The summed E-state index contributed by atoms with van der Waals surface area (Å²) in [5, 5.41) is 13.2. The molecule has 8 heteroatoms. The number of anilines is 1. The Bertz CT molecular complexity index is 1140. The van der Waals surface area contributed by atoms with Gasteiger partial charge in [-0.2, -0.15) is 5.10 Å². The standard InChI is InChI=1S/C20H17N5OS2/c1-11-16(28-20(21-11)15-6-3-9-27-15)19(26)22-14-5-2-4-13(10-14)18-23-17(24-25-18)12-7-8-12/h2-6,9-10,12H,7-8H2,1H3,(H,22,26)(H,23,24,25). The SMILES string of the molecule is Cc1nc(-c2cccs2)sc1C(=O)Nc1cccc(-c2n[nH]c(C3CC3)n2)c1. The van der Waals surface area contributed by atoms with Crippen LogP contribution in [0.15, 0.2) is 41.8 Å². The molecule has 1 aliphatic rings. The van der Waals surface area contributed by atoms with Crippen LogP contribution in [-0.4, -0.2) is 26.1 Å². The lowest BCUT2D eigenvalue weighted by Crippen LogP contribution is -2.11. The first-order valence-corrected chi connectivity index (χ1v) is 10.7. The molecule has 0 atom stereocenters. The molecule has 1 saturated carbocycles. The third kappa shape index (κ3) is 3.36. The smallest absolute Gasteiger partial charge is 0.267 e. The van der Waals surface area contributed by atoms with Crippen LogP contribution in [0.4, 0.5) is 5.69 Å². The van der Waals surface area contributed by atoms with Crippen molar-refractivity contribution in [3.8, 4) is 21.3 Å². The lowest BCUT2D eigenvalue weighted by molar-refractivity contribution is 0.103. The first kappa shape index (κ1) is 17.3. The fourth-order valence-corrected chi connectivity index (χ4v) is 4.74. The van der Waals surface area contributed by atoms with E-state index in [1.807, 2.05) is 48.7 Å². The number of H-pyrrole nitrogens is 1. The molecule has 0 unspecified atom stereocenters. The van der Waals surface area contributed by atoms with Crippen LogP contribution in [0.5, 0.6) is 0 Å². The number of aromatic amines is 1. The summed E-state index contributed by atoms with van der Waals surface area (Å²) in [4.78, 5) is 23.6. The maximum atomic E-state index is 12.8. The number of nitrogens with zero attached hydrogens (tertiary/aromatic N) is 3. The summed E-state index contributed by atoms with van der Waals surface area (Å²) in [5.41, 5.74) is 2.33. The third-order valence-electron chi connectivity index (χ3n) is 4.58. The van der Waals surface area contributed by atoms with Crippen LogP contribution in [0, 0.1) is 6.92 Å². The molecular formula is C20H17N5OS2. The molecule has 0 aliphatic heterocycles. The molecule has 4 aromatic rings. The maximum absolute atomic E-state index is 12.8. The third-order valence-corrected chi connectivity index (χ3v) is 6.78. The van der Waals surface area contributed by atoms with Crippen molar-refractivity contribution in [3.63, 3.8) is 0 Å². The summed E-state index contributed by atoms with van der Waals surface area (Å²) in [7, 11) is 0.